The molecule has 2 aromatic rings. The molecule has 1 aromatic heterocycles. The number of aromatic nitrogens is 1. The molecule has 0 spiro atoms. The van der Waals surface area contributed by atoms with Gasteiger partial charge in [-0.05, 0) is 23.8 Å². The number of nitrogens with one attached hydrogen (secondary N) is 1. The van der Waals surface area contributed by atoms with Gasteiger partial charge in [0, 0.05) is 31.8 Å². The monoisotopic (exact) mass is 242 g/mol. The first-order chi connectivity index (χ1) is 8.90. The van der Waals surface area contributed by atoms with E-state index in [-0.39, 0.29) is 0 Å². The molecule has 0 saturated heterocycles. The number of ether oxygens (including phenoxy) is 1. The number of benzene rings is 1. The maximum Gasteiger partial charge on any atom is 0.0702 e. The molecular formula is C15H18N2O. The second-order valence-corrected chi connectivity index (χ2v) is 4.05. The summed E-state index contributed by atoms with van der Waals surface area (Å²) in [6, 6.07) is 10.3. The van der Waals surface area contributed by atoms with Crippen LogP contribution in [0, 0.1) is 0 Å². The Hall–Kier alpha value is -1.71. The van der Waals surface area contributed by atoms with Gasteiger partial charge in [-0.15, -0.1) is 0 Å². The molecule has 0 aliphatic rings. The van der Waals surface area contributed by atoms with Crippen molar-refractivity contribution in [2.24, 2.45) is 0 Å². The maximum atomic E-state index is 4.96. The van der Waals surface area contributed by atoms with Crippen molar-refractivity contribution in [3.05, 3.63) is 48.2 Å². The first-order valence-corrected chi connectivity index (χ1v) is 6.11. The van der Waals surface area contributed by atoms with Crippen molar-refractivity contribution < 1.29 is 4.74 Å². The molecule has 2 rings (SSSR count). The summed E-state index contributed by atoms with van der Waals surface area (Å²) in [7, 11) is 1.71. The standard InChI is InChI=1S/C15H18N2O/c1-18-11-10-16-8-2-4-13-6-7-15-14(12-13)5-3-9-17-15/h2-7,9,12,16H,8,10-11H2,1H3. The molecule has 0 saturated carbocycles. The van der Waals surface area contributed by atoms with Crippen molar-refractivity contribution in [3.63, 3.8) is 0 Å². The van der Waals surface area contributed by atoms with Crippen molar-refractivity contribution in [1.82, 2.24) is 10.3 Å². The topological polar surface area (TPSA) is 34.1 Å². The molecule has 0 atom stereocenters. The minimum atomic E-state index is 0.746. The van der Waals surface area contributed by atoms with Crippen LogP contribution in [0.15, 0.2) is 42.6 Å². The van der Waals surface area contributed by atoms with E-state index in [9.17, 15) is 0 Å². The number of methoxy groups -OCH3 is 1. The van der Waals surface area contributed by atoms with Gasteiger partial charge in [-0.25, -0.2) is 0 Å². The Labute approximate surface area is 107 Å². The van der Waals surface area contributed by atoms with E-state index < -0.39 is 0 Å². The minimum absolute atomic E-state index is 0.746. The van der Waals surface area contributed by atoms with Crippen LogP contribution < -0.4 is 5.32 Å². The van der Waals surface area contributed by atoms with Gasteiger partial charge in [-0.1, -0.05) is 24.3 Å². The number of nitrogens with zero attached hydrogens (tertiary/aromatic N) is 1. The Morgan fingerprint density at radius 1 is 1.33 bits per heavy atom. The van der Waals surface area contributed by atoms with Crippen LogP contribution >= 0.6 is 0 Å². The highest BCUT2D eigenvalue weighted by Gasteiger charge is 1.93. The van der Waals surface area contributed by atoms with Gasteiger partial charge in [0.1, 0.15) is 0 Å². The molecule has 1 heterocycles. The smallest absolute Gasteiger partial charge is 0.0702 e. The Morgan fingerprint density at radius 2 is 2.28 bits per heavy atom. The summed E-state index contributed by atoms with van der Waals surface area (Å²) in [5, 5.41) is 4.44. The van der Waals surface area contributed by atoms with Gasteiger partial charge in [0.2, 0.25) is 0 Å². The number of fused-ring (bicyclic) bond motifs is 1. The lowest BCUT2D eigenvalue weighted by atomic mass is 10.1. The molecule has 18 heavy (non-hydrogen) atoms. The highest BCUT2D eigenvalue weighted by Crippen LogP contribution is 2.14. The predicted octanol–water partition coefficient (Wildman–Crippen LogP) is 2.48. The van der Waals surface area contributed by atoms with Crippen LogP contribution in [0.4, 0.5) is 0 Å². The molecular weight excluding hydrogens is 224 g/mol. The average molecular weight is 242 g/mol. The molecule has 0 amide bonds. The van der Waals surface area contributed by atoms with E-state index in [2.05, 4.69) is 40.7 Å². The Morgan fingerprint density at radius 3 is 3.17 bits per heavy atom. The molecule has 1 N–H and O–H groups in total. The number of hydrogen-bond donors (Lipinski definition) is 1. The number of rotatable bonds is 6. The molecule has 3 nitrogen and oxygen atoms in total. The maximum absolute atomic E-state index is 4.96. The fraction of sp³-hybridized carbons (Fsp3) is 0.267. The lowest BCUT2D eigenvalue weighted by Gasteiger charge is -2.00. The van der Waals surface area contributed by atoms with Gasteiger partial charge in [0.15, 0.2) is 0 Å². The van der Waals surface area contributed by atoms with Gasteiger partial charge in [-0.2, -0.15) is 0 Å². The summed E-state index contributed by atoms with van der Waals surface area (Å²) in [6.07, 6.45) is 6.05. The van der Waals surface area contributed by atoms with Gasteiger partial charge in [0.05, 0.1) is 12.1 Å². The van der Waals surface area contributed by atoms with E-state index in [1.807, 2.05) is 18.3 Å². The summed E-state index contributed by atoms with van der Waals surface area (Å²) in [4.78, 5) is 4.30. The van der Waals surface area contributed by atoms with Gasteiger partial charge in [0.25, 0.3) is 0 Å². The highest BCUT2D eigenvalue weighted by molar-refractivity contribution is 5.80. The molecule has 0 bridgehead atoms. The summed E-state index contributed by atoms with van der Waals surface area (Å²) in [5.41, 5.74) is 2.23. The molecule has 3 heteroatoms. The van der Waals surface area contributed by atoms with E-state index in [4.69, 9.17) is 4.74 Å². The Bertz CT molecular complexity index is 523. The van der Waals surface area contributed by atoms with E-state index in [1.54, 1.807) is 7.11 Å². The summed E-state index contributed by atoms with van der Waals surface area (Å²) < 4.78 is 4.96. The Kier molecular flexibility index (Phi) is 4.88. The number of hydrogen-bond acceptors (Lipinski definition) is 3. The lowest BCUT2D eigenvalue weighted by Crippen LogP contribution is -2.18. The third-order valence-corrected chi connectivity index (χ3v) is 2.68. The quantitative estimate of drug-likeness (QED) is 0.790. The van der Waals surface area contributed by atoms with Gasteiger partial charge < -0.3 is 10.1 Å². The molecule has 94 valence electrons. The second-order valence-electron chi connectivity index (χ2n) is 4.05. The second kappa shape index (κ2) is 6.89. The van der Waals surface area contributed by atoms with Crippen LogP contribution in [-0.4, -0.2) is 31.8 Å². The van der Waals surface area contributed by atoms with Crippen LogP contribution in [0.25, 0.3) is 17.0 Å². The number of pyridine rings is 1. The molecule has 0 radical (unpaired) electrons. The largest absolute Gasteiger partial charge is 0.383 e. The predicted molar refractivity (Wildman–Crippen MR) is 75.5 cm³/mol. The third-order valence-electron chi connectivity index (χ3n) is 2.68. The van der Waals surface area contributed by atoms with E-state index in [0.717, 1.165) is 25.2 Å². The van der Waals surface area contributed by atoms with Crippen LogP contribution in [0.2, 0.25) is 0 Å². The normalized spacial score (nSPS) is 11.4. The van der Waals surface area contributed by atoms with Crippen molar-refractivity contribution in [1.29, 1.82) is 0 Å². The first-order valence-electron chi connectivity index (χ1n) is 6.11. The van der Waals surface area contributed by atoms with Crippen molar-refractivity contribution in [2.45, 2.75) is 0 Å². The van der Waals surface area contributed by atoms with Crippen LogP contribution in [0.3, 0.4) is 0 Å². The first kappa shape index (κ1) is 12.7. The fourth-order valence-corrected chi connectivity index (χ4v) is 1.75. The molecule has 0 unspecified atom stereocenters. The van der Waals surface area contributed by atoms with Gasteiger partial charge >= 0.3 is 0 Å². The molecule has 0 aliphatic heterocycles. The van der Waals surface area contributed by atoms with Crippen LogP contribution in [0.1, 0.15) is 5.56 Å². The lowest BCUT2D eigenvalue weighted by molar-refractivity contribution is 0.200. The third kappa shape index (κ3) is 3.65. The summed E-state index contributed by atoms with van der Waals surface area (Å²) in [6.45, 7) is 2.48. The molecule has 0 fully saturated rings. The van der Waals surface area contributed by atoms with E-state index >= 15 is 0 Å². The van der Waals surface area contributed by atoms with Crippen LogP contribution in [-0.2, 0) is 4.74 Å². The SMILES string of the molecule is COCCNCC=Cc1ccc2ncccc2c1. The summed E-state index contributed by atoms with van der Waals surface area (Å²) in [5.74, 6) is 0. The average Bonchev–Trinajstić information content (AvgIpc) is 2.42. The fourth-order valence-electron chi connectivity index (χ4n) is 1.75. The van der Waals surface area contributed by atoms with Crippen molar-refractivity contribution in [2.75, 3.05) is 26.8 Å². The van der Waals surface area contributed by atoms with Crippen molar-refractivity contribution >= 4 is 17.0 Å². The van der Waals surface area contributed by atoms with Crippen LogP contribution in [0.5, 0.6) is 0 Å². The highest BCUT2D eigenvalue weighted by atomic mass is 16.5. The zero-order chi connectivity index (χ0) is 12.6. The molecule has 1 aromatic carbocycles. The Balaban J connectivity index is 1.93. The zero-order valence-electron chi connectivity index (χ0n) is 10.6. The molecule has 0 aliphatic carbocycles. The van der Waals surface area contributed by atoms with E-state index in [1.165, 1.54) is 10.9 Å². The van der Waals surface area contributed by atoms with Gasteiger partial charge in [-0.3, -0.25) is 4.98 Å². The minimum Gasteiger partial charge on any atom is -0.383 e. The van der Waals surface area contributed by atoms with E-state index in [0.29, 0.717) is 0 Å². The zero-order valence-corrected chi connectivity index (χ0v) is 10.6. The van der Waals surface area contributed by atoms with Crippen molar-refractivity contribution in [3.8, 4) is 0 Å². The summed E-state index contributed by atoms with van der Waals surface area (Å²) >= 11 is 0.